The molecule has 11 heteroatoms. The second-order valence-electron chi connectivity index (χ2n) is 10.4. The maximum absolute atomic E-state index is 13.8. The van der Waals surface area contributed by atoms with E-state index in [0.717, 1.165) is 16.8 Å². The van der Waals surface area contributed by atoms with Crippen molar-refractivity contribution >= 4 is 34.0 Å². The highest BCUT2D eigenvalue weighted by Gasteiger charge is 2.30. The van der Waals surface area contributed by atoms with Crippen LogP contribution in [0.1, 0.15) is 56.5 Å². The number of nitrogens with one attached hydrogen (secondary N) is 3. The first-order valence-corrected chi connectivity index (χ1v) is 14.8. The van der Waals surface area contributed by atoms with Crippen LogP contribution in [0.3, 0.4) is 0 Å². The van der Waals surface area contributed by atoms with Gasteiger partial charge in [0, 0.05) is 17.9 Å². The van der Waals surface area contributed by atoms with E-state index < -0.39 is 12.1 Å². The van der Waals surface area contributed by atoms with Gasteiger partial charge in [0.05, 0.1) is 38.8 Å². The number of amides is 2. The molecule has 224 valence electrons. The molecule has 2 amide bonds. The second-order valence-corrected chi connectivity index (χ2v) is 11.2. The van der Waals surface area contributed by atoms with Gasteiger partial charge < -0.3 is 30.2 Å². The first-order chi connectivity index (χ1) is 20.1. The van der Waals surface area contributed by atoms with Gasteiger partial charge in [0.25, 0.3) is 0 Å². The zero-order valence-corrected chi connectivity index (χ0v) is 25.9. The maximum atomic E-state index is 13.8. The van der Waals surface area contributed by atoms with Crippen molar-refractivity contribution < 1.29 is 23.8 Å². The maximum Gasteiger partial charge on any atom is 0.248 e. The Morgan fingerprint density at radius 1 is 1.12 bits per heavy atom. The summed E-state index contributed by atoms with van der Waals surface area (Å²) in [6.07, 6.45) is 1.86. The lowest BCUT2D eigenvalue weighted by atomic mass is 9.95. The highest BCUT2D eigenvalue weighted by Crippen LogP contribution is 2.50. The van der Waals surface area contributed by atoms with Gasteiger partial charge in [0.1, 0.15) is 6.04 Å². The molecule has 0 fully saturated rings. The van der Waals surface area contributed by atoms with Crippen LogP contribution in [0.25, 0.3) is 11.1 Å². The van der Waals surface area contributed by atoms with Gasteiger partial charge in [-0.3, -0.25) is 14.4 Å². The van der Waals surface area contributed by atoms with E-state index in [9.17, 15) is 14.4 Å². The largest absolute Gasteiger partial charge is 0.493 e. The molecule has 0 bridgehead atoms. The third-order valence-electron chi connectivity index (χ3n) is 7.57. The smallest absolute Gasteiger partial charge is 0.248 e. The lowest BCUT2D eigenvalue weighted by Gasteiger charge is -2.23. The predicted octanol–water partition coefficient (Wildman–Crippen LogP) is 5.09. The van der Waals surface area contributed by atoms with Crippen molar-refractivity contribution in [1.29, 1.82) is 0 Å². The zero-order chi connectivity index (χ0) is 30.6. The standard InChI is InChI=1S/C31H38N4O6S/c1-8-16(2)27(30(38)35-31-32-17(3)15-42-31)34-23-12-10-20-21(14-24(23)37)22(33-18(4)36)11-9-19-13-25(39-5)28(40-6)29(41-7)26(19)20/h10,12-16,22,27H,8-9,11H2,1-7H3,(H,33,36)(H,34,37)(H,32,35,38)/t16-,22+,27+/m0/s1. The molecule has 1 aliphatic carbocycles. The monoisotopic (exact) mass is 594 g/mol. The number of hydrogen-bond acceptors (Lipinski definition) is 9. The van der Waals surface area contributed by atoms with Gasteiger partial charge in [0.2, 0.25) is 23.0 Å². The van der Waals surface area contributed by atoms with Gasteiger partial charge in [-0.15, -0.1) is 11.3 Å². The molecule has 1 aliphatic rings. The van der Waals surface area contributed by atoms with Crippen molar-refractivity contribution in [3.05, 3.63) is 56.7 Å². The van der Waals surface area contributed by atoms with Gasteiger partial charge in [-0.05, 0) is 60.6 Å². The fourth-order valence-corrected chi connectivity index (χ4v) is 5.98. The summed E-state index contributed by atoms with van der Waals surface area (Å²) >= 11 is 1.35. The molecular formula is C31H38N4O6S. The average molecular weight is 595 g/mol. The molecule has 10 nitrogen and oxygen atoms in total. The number of hydrogen-bond donors (Lipinski definition) is 3. The Kier molecular flexibility index (Phi) is 9.72. The van der Waals surface area contributed by atoms with Crippen LogP contribution in [-0.4, -0.2) is 44.2 Å². The molecule has 3 atom stereocenters. The van der Waals surface area contributed by atoms with Crippen molar-refractivity contribution in [2.45, 2.75) is 59.0 Å². The van der Waals surface area contributed by atoms with Crippen LogP contribution >= 0.6 is 11.3 Å². The minimum absolute atomic E-state index is 0.0848. The van der Waals surface area contributed by atoms with Gasteiger partial charge >= 0.3 is 0 Å². The number of thiazole rings is 1. The summed E-state index contributed by atoms with van der Waals surface area (Å²) in [6, 6.07) is 5.85. The molecule has 0 unspecified atom stereocenters. The number of carbonyl (C=O) groups excluding carboxylic acids is 2. The molecule has 0 saturated heterocycles. The van der Waals surface area contributed by atoms with E-state index in [1.807, 2.05) is 38.3 Å². The number of benzene rings is 1. The number of aromatic nitrogens is 1. The molecular weight excluding hydrogens is 556 g/mol. The predicted molar refractivity (Wildman–Crippen MR) is 165 cm³/mol. The normalized spacial score (nSPS) is 15.3. The van der Waals surface area contributed by atoms with Gasteiger partial charge in [0.15, 0.2) is 16.6 Å². The van der Waals surface area contributed by atoms with Gasteiger partial charge in [-0.2, -0.15) is 0 Å². The molecule has 2 aromatic carbocycles. The Balaban J connectivity index is 1.87. The molecule has 0 spiro atoms. The molecule has 1 heterocycles. The molecule has 0 saturated carbocycles. The van der Waals surface area contributed by atoms with E-state index in [2.05, 4.69) is 20.9 Å². The molecule has 4 rings (SSSR count). The lowest BCUT2D eigenvalue weighted by Crippen LogP contribution is -2.40. The third kappa shape index (κ3) is 6.35. The zero-order valence-electron chi connectivity index (χ0n) is 25.0. The van der Waals surface area contributed by atoms with Crippen molar-refractivity contribution in [3.63, 3.8) is 0 Å². The highest BCUT2D eigenvalue weighted by molar-refractivity contribution is 7.13. The summed E-state index contributed by atoms with van der Waals surface area (Å²) < 4.78 is 17.1. The Morgan fingerprint density at radius 3 is 2.45 bits per heavy atom. The molecule has 0 aliphatic heterocycles. The third-order valence-corrected chi connectivity index (χ3v) is 8.45. The van der Waals surface area contributed by atoms with Crippen molar-refractivity contribution in [3.8, 4) is 28.4 Å². The first-order valence-electron chi connectivity index (χ1n) is 13.9. The first kappa shape index (κ1) is 30.8. The van der Waals surface area contributed by atoms with E-state index in [0.29, 0.717) is 52.8 Å². The van der Waals surface area contributed by atoms with Crippen LogP contribution in [0.4, 0.5) is 10.8 Å². The fourth-order valence-electron chi connectivity index (χ4n) is 5.29. The van der Waals surface area contributed by atoms with E-state index in [-0.39, 0.29) is 28.8 Å². The van der Waals surface area contributed by atoms with E-state index in [1.165, 1.54) is 18.3 Å². The SMILES string of the molecule is CC[C@H](C)[C@@H](Nc1ccc2c(cc1=O)[C@H](NC(C)=O)CCc1cc(OC)c(OC)c(OC)c1-2)C(=O)Nc1nc(C)cs1. The Morgan fingerprint density at radius 2 is 1.86 bits per heavy atom. The fraction of sp³-hybridized carbons (Fsp3) is 0.419. The van der Waals surface area contributed by atoms with Gasteiger partial charge in [-0.25, -0.2) is 4.98 Å². The average Bonchev–Trinajstić information content (AvgIpc) is 3.23. The van der Waals surface area contributed by atoms with E-state index >= 15 is 0 Å². The molecule has 3 aromatic rings. The van der Waals surface area contributed by atoms with Gasteiger partial charge in [-0.1, -0.05) is 26.3 Å². The number of rotatable bonds is 10. The number of nitrogens with zero attached hydrogens (tertiary/aromatic N) is 1. The number of aryl methyl sites for hydroxylation is 2. The molecule has 42 heavy (non-hydrogen) atoms. The minimum atomic E-state index is -0.688. The molecule has 3 N–H and O–H groups in total. The van der Waals surface area contributed by atoms with Crippen LogP contribution in [0.2, 0.25) is 0 Å². The number of anilines is 2. The molecule has 1 aromatic heterocycles. The van der Waals surface area contributed by atoms with Crippen LogP contribution < -0.4 is 35.6 Å². The Hall–Kier alpha value is -4.12. The van der Waals surface area contributed by atoms with Crippen molar-refractivity contribution in [2.24, 2.45) is 5.92 Å². The number of fused-ring (bicyclic) bond motifs is 3. The summed E-state index contributed by atoms with van der Waals surface area (Å²) in [5.74, 6) is 0.866. The highest BCUT2D eigenvalue weighted by atomic mass is 32.1. The summed E-state index contributed by atoms with van der Waals surface area (Å²) in [4.78, 5) is 43.7. The minimum Gasteiger partial charge on any atom is -0.493 e. The van der Waals surface area contributed by atoms with E-state index in [1.54, 1.807) is 33.5 Å². The van der Waals surface area contributed by atoms with Crippen LogP contribution in [0.15, 0.2) is 34.4 Å². The molecule has 0 radical (unpaired) electrons. The second kappa shape index (κ2) is 13.2. The van der Waals surface area contributed by atoms with Crippen LogP contribution in [0.5, 0.6) is 17.2 Å². The van der Waals surface area contributed by atoms with Crippen molar-refractivity contribution in [2.75, 3.05) is 32.0 Å². The summed E-state index contributed by atoms with van der Waals surface area (Å²) in [5.41, 5.74) is 3.84. The summed E-state index contributed by atoms with van der Waals surface area (Å²) in [6.45, 7) is 7.27. The van der Waals surface area contributed by atoms with Crippen molar-refractivity contribution in [1.82, 2.24) is 10.3 Å². The number of carbonyl (C=O) groups is 2. The summed E-state index contributed by atoms with van der Waals surface area (Å²) in [7, 11) is 4.66. The van der Waals surface area contributed by atoms with Crippen LogP contribution in [0, 0.1) is 12.8 Å². The number of methoxy groups -OCH3 is 3. The summed E-state index contributed by atoms with van der Waals surface area (Å²) in [5, 5.41) is 11.5. The Labute approximate surface area is 249 Å². The van der Waals surface area contributed by atoms with E-state index in [4.69, 9.17) is 14.2 Å². The topological polar surface area (TPSA) is 128 Å². The quantitative estimate of drug-likeness (QED) is 0.296. The Bertz CT molecular complexity index is 1540. The van der Waals surface area contributed by atoms with Crippen LogP contribution in [-0.2, 0) is 16.0 Å². The lowest BCUT2D eigenvalue weighted by molar-refractivity contribution is -0.120. The number of ether oxygens (including phenoxy) is 3.